The fraction of sp³-hybridized carbons (Fsp3) is 0.625. The molecule has 1 aliphatic carbocycles. The maximum absolute atomic E-state index is 13.1. The molecule has 2 rings (SSSR count). The maximum atomic E-state index is 13.1. The zero-order valence-corrected chi connectivity index (χ0v) is 12.4. The molecular weight excluding hydrogens is 255 g/mol. The van der Waals surface area contributed by atoms with E-state index in [-0.39, 0.29) is 11.9 Å². The summed E-state index contributed by atoms with van der Waals surface area (Å²) in [7, 11) is 1.72. The van der Waals surface area contributed by atoms with Crippen molar-refractivity contribution < 1.29 is 9.13 Å². The minimum atomic E-state index is -0.205. The van der Waals surface area contributed by atoms with Crippen LogP contribution in [0.15, 0.2) is 24.3 Å². The van der Waals surface area contributed by atoms with Crippen molar-refractivity contribution >= 4 is 0 Å². The van der Waals surface area contributed by atoms with Crippen molar-refractivity contribution in [3.8, 4) is 0 Å². The van der Waals surface area contributed by atoms with Crippen molar-refractivity contribution in [2.45, 2.75) is 31.8 Å². The van der Waals surface area contributed by atoms with Gasteiger partial charge in [0.05, 0.1) is 6.61 Å². The van der Waals surface area contributed by atoms with Gasteiger partial charge < -0.3 is 10.5 Å². The van der Waals surface area contributed by atoms with Gasteiger partial charge in [0.2, 0.25) is 0 Å². The van der Waals surface area contributed by atoms with Gasteiger partial charge in [-0.25, -0.2) is 4.39 Å². The molecule has 4 heteroatoms. The molecule has 2 unspecified atom stereocenters. The van der Waals surface area contributed by atoms with Gasteiger partial charge in [-0.1, -0.05) is 12.1 Å². The molecule has 1 aromatic carbocycles. The molecule has 0 spiro atoms. The molecule has 1 fully saturated rings. The molecule has 1 aromatic rings. The molecule has 2 N–H and O–H groups in total. The second kappa shape index (κ2) is 7.16. The summed E-state index contributed by atoms with van der Waals surface area (Å²) in [5.74, 6) is 0.560. The van der Waals surface area contributed by atoms with Crippen LogP contribution in [0, 0.1) is 11.7 Å². The molecule has 0 radical (unpaired) electrons. The molecule has 20 heavy (non-hydrogen) atoms. The van der Waals surface area contributed by atoms with E-state index in [4.69, 9.17) is 10.5 Å². The normalized spacial score (nSPS) is 18.2. The first-order chi connectivity index (χ1) is 9.67. The Hall–Kier alpha value is -0.970. The van der Waals surface area contributed by atoms with Crippen LogP contribution in [-0.2, 0) is 4.74 Å². The summed E-state index contributed by atoms with van der Waals surface area (Å²) in [6.07, 6.45) is 2.59. The summed E-state index contributed by atoms with van der Waals surface area (Å²) in [6.45, 7) is 4.34. The lowest BCUT2D eigenvalue weighted by molar-refractivity contribution is 0.0834. The summed E-state index contributed by atoms with van der Waals surface area (Å²) in [5, 5.41) is 0. The van der Waals surface area contributed by atoms with Gasteiger partial charge >= 0.3 is 0 Å². The zero-order valence-electron chi connectivity index (χ0n) is 12.4. The Morgan fingerprint density at radius 1 is 1.35 bits per heavy atom. The molecule has 0 heterocycles. The summed E-state index contributed by atoms with van der Waals surface area (Å²) >= 11 is 0. The molecule has 0 saturated heterocycles. The van der Waals surface area contributed by atoms with Crippen LogP contribution in [0.2, 0.25) is 0 Å². The highest BCUT2D eigenvalue weighted by atomic mass is 19.1. The highest BCUT2D eigenvalue weighted by Gasteiger charge is 2.35. The molecular formula is C16H25FN2O. The molecule has 0 amide bonds. The lowest BCUT2D eigenvalue weighted by Gasteiger charge is -2.36. The van der Waals surface area contributed by atoms with E-state index in [1.807, 2.05) is 12.1 Å². The third kappa shape index (κ3) is 3.78. The number of benzene rings is 1. The van der Waals surface area contributed by atoms with Gasteiger partial charge in [-0.2, -0.15) is 0 Å². The van der Waals surface area contributed by atoms with Crippen molar-refractivity contribution in [2.75, 3.05) is 26.8 Å². The lowest BCUT2D eigenvalue weighted by atomic mass is 10.0. The highest BCUT2D eigenvalue weighted by Crippen LogP contribution is 2.37. The number of halogens is 1. The second-order valence-corrected chi connectivity index (χ2v) is 5.61. The number of hydrogen-bond donors (Lipinski definition) is 1. The summed E-state index contributed by atoms with van der Waals surface area (Å²) in [5.41, 5.74) is 7.08. The highest BCUT2D eigenvalue weighted by molar-refractivity contribution is 5.21. The lowest BCUT2D eigenvalue weighted by Crippen LogP contribution is -2.43. The van der Waals surface area contributed by atoms with Crippen LogP contribution in [0.4, 0.5) is 4.39 Å². The first kappa shape index (κ1) is 15.4. The van der Waals surface area contributed by atoms with Crippen LogP contribution < -0.4 is 5.73 Å². The molecule has 1 aliphatic rings. The van der Waals surface area contributed by atoms with Gasteiger partial charge in [0.1, 0.15) is 5.82 Å². The second-order valence-electron chi connectivity index (χ2n) is 5.61. The molecule has 2 atom stereocenters. The fourth-order valence-corrected chi connectivity index (χ4v) is 2.84. The van der Waals surface area contributed by atoms with E-state index in [0.29, 0.717) is 19.2 Å². The average Bonchev–Trinajstić information content (AvgIpc) is 3.29. The minimum Gasteiger partial charge on any atom is -0.383 e. The Labute approximate surface area is 120 Å². The minimum absolute atomic E-state index is 0.126. The first-order valence-corrected chi connectivity index (χ1v) is 7.37. The smallest absolute Gasteiger partial charge is 0.123 e. The van der Waals surface area contributed by atoms with E-state index >= 15 is 0 Å². The SMILES string of the molecule is COCCN(C(CN)c1ccc(F)cc1)C(C)C1CC1. The average molecular weight is 280 g/mol. The van der Waals surface area contributed by atoms with Crippen molar-refractivity contribution in [1.29, 1.82) is 0 Å². The molecule has 112 valence electrons. The zero-order chi connectivity index (χ0) is 14.5. The summed E-state index contributed by atoms with van der Waals surface area (Å²) < 4.78 is 18.3. The number of nitrogens with zero attached hydrogens (tertiary/aromatic N) is 1. The molecule has 0 aliphatic heterocycles. The summed E-state index contributed by atoms with van der Waals surface area (Å²) in [6, 6.07) is 7.31. The van der Waals surface area contributed by atoms with E-state index in [9.17, 15) is 4.39 Å². The van der Waals surface area contributed by atoms with Crippen LogP contribution in [0.3, 0.4) is 0 Å². The predicted octanol–water partition coefficient (Wildman–Crippen LogP) is 2.57. The van der Waals surface area contributed by atoms with Gasteiger partial charge in [-0.3, -0.25) is 4.90 Å². The third-order valence-corrected chi connectivity index (χ3v) is 4.26. The van der Waals surface area contributed by atoms with Crippen LogP contribution in [-0.4, -0.2) is 37.7 Å². The Balaban J connectivity index is 2.16. The van der Waals surface area contributed by atoms with Crippen LogP contribution in [0.5, 0.6) is 0 Å². The maximum Gasteiger partial charge on any atom is 0.123 e. The Bertz CT molecular complexity index is 405. The Morgan fingerprint density at radius 2 is 2.00 bits per heavy atom. The number of methoxy groups -OCH3 is 1. The molecule has 0 aromatic heterocycles. The van der Waals surface area contributed by atoms with Gasteiger partial charge in [0.15, 0.2) is 0 Å². The Kier molecular flexibility index (Phi) is 5.52. The largest absolute Gasteiger partial charge is 0.383 e. The number of rotatable bonds is 8. The van der Waals surface area contributed by atoms with Crippen LogP contribution in [0.1, 0.15) is 31.4 Å². The van der Waals surface area contributed by atoms with Gasteiger partial charge in [0, 0.05) is 32.3 Å². The van der Waals surface area contributed by atoms with E-state index in [1.165, 1.54) is 25.0 Å². The molecule has 1 saturated carbocycles. The van der Waals surface area contributed by atoms with E-state index in [1.54, 1.807) is 7.11 Å². The first-order valence-electron chi connectivity index (χ1n) is 7.37. The van der Waals surface area contributed by atoms with Crippen molar-refractivity contribution in [2.24, 2.45) is 11.7 Å². The van der Waals surface area contributed by atoms with E-state index in [0.717, 1.165) is 18.0 Å². The van der Waals surface area contributed by atoms with Crippen molar-refractivity contribution in [3.63, 3.8) is 0 Å². The quantitative estimate of drug-likeness (QED) is 0.795. The van der Waals surface area contributed by atoms with Crippen LogP contribution >= 0.6 is 0 Å². The number of nitrogens with two attached hydrogens (primary N) is 1. The number of hydrogen-bond acceptors (Lipinski definition) is 3. The number of ether oxygens (including phenoxy) is 1. The van der Waals surface area contributed by atoms with E-state index < -0.39 is 0 Å². The Morgan fingerprint density at radius 3 is 2.50 bits per heavy atom. The summed E-state index contributed by atoms with van der Waals surface area (Å²) in [4.78, 5) is 2.41. The van der Waals surface area contributed by atoms with Crippen molar-refractivity contribution in [3.05, 3.63) is 35.6 Å². The van der Waals surface area contributed by atoms with Crippen LogP contribution in [0.25, 0.3) is 0 Å². The monoisotopic (exact) mass is 280 g/mol. The van der Waals surface area contributed by atoms with E-state index in [2.05, 4.69) is 11.8 Å². The third-order valence-electron chi connectivity index (χ3n) is 4.26. The van der Waals surface area contributed by atoms with Gasteiger partial charge in [-0.05, 0) is 43.4 Å². The van der Waals surface area contributed by atoms with Gasteiger partial charge in [-0.15, -0.1) is 0 Å². The standard InChI is InChI=1S/C16H25FN2O/c1-12(13-3-4-13)19(9-10-20-2)16(11-18)14-5-7-15(17)8-6-14/h5-8,12-13,16H,3-4,9-11,18H2,1-2H3. The molecule has 0 bridgehead atoms. The topological polar surface area (TPSA) is 38.5 Å². The van der Waals surface area contributed by atoms with Crippen molar-refractivity contribution in [1.82, 2.24) is 4.90 Å². The van der Waals surface area contributed by atoms with Gasteiger partial charge in [0.25, 0.3) is 0 Å². The molecule has 3 nitrogen and oxygen atoms in total. The fourth-order valence-electron chi connectivity index (χ4n) is 2.84. The predicted molar refractivity (Wildman–Crippen MR) is 79.0 cm³/mol.